The van der Waals surface area contributed by atoms with Gasteiger partial charge in [-0.3, -0.25) is 4.79 Å². The summed E-state index contributed by atoms with van der Waals surface area (Å²) in [6.45, 7) is 2.41. The van der Waals surface area contributed by atoms with Gasteiger partial charge in [0, 0.05) is 23.7 Å². The molecule has 0 radical (unpaired) electrons. The summed E-state index contributed by atoms with van der Waals surface area (Å²) in [7, 11) is 4.72. The molecule has 5 nitrogen and oxygen atoms in total. The van der Waals surface area contributed by atoms with Gasteiger partial charge in [-0.15, -0.1) is 0 Å². The fourth-order valence-electron chi connectivity index (χ4n) is 2.40. The molecule has 24 heavy (non-hydrogen) atoms. The van der Waals surface area contributed by atoms with Crippen molar-refractivity contribution in [2.24, 2.45) is 0 Å². The van der Waals surface area contributed by atoms with Gasteiger partial charge in [-0.25, -0.2) is 0 Å². The van der Waals surface area contributed by atoms with Gasteiger partial charge in [-0.2, -0.15) is 0 Å². The molecule has 0 atom stereocenters. The first-order valence-electron chi connectivity index (χ1n) is 7.79. The summed E-state index contributed by atoms with van der Waals surface area (Å²) in [6, 6.07) is 11.1. The third-order valence-electron chi connectivity index (χ3n) is 3.85. The minimum absolute atomic E-state index is 0.130. The van der Waals surface area contributed by atoms with Crippen LogP contribution in [0.5, 0.6) is 17.2 Å². The van der Waals surface area contributed by atoms with Crippen LogP contribution in [0.15, 0.2) is 36.4 Å². The summed E-state index contributed by atoms with van der Waals surface area (Å²) < 4.78 is 15.9. The number of hydrogen-bond donors (Lipinski definition) is 1. The van der Waals surface area contributed by atoms with Gasteiger partial charge in [0.2, 0.25) is 0 Å². The van der Waals surface area contributed by atoms with Crippen molar-refractivity contribution in [2.75, 3.05) is 21.3 Å². The summed E-state index contributed by atoms with van der Waals surface area (Å²) in [5, 5.41) is 2.90. The Morgan fingerprint density at radius 2 is 1.50 bits per heavy atom. The Morgan fingerprint density at radius 1 is 0.917 bits per heavy atom. The topological polar surface area (TPSA) is 56.8 Å². The van der Waals surface area contributed by atoms with E-state index in [4.69, 9.17) is 14.2 Å². The Morgan fingerprint density at radius 3 is 2.04 bits per heavy atom. The minimum atomic E-state index is -0.130. The molecule has 2 aromatic carbocycles. The average molecular weight is 329 g/mol. The molecule has 1 N–H and O–H groups in total. The Bertz CT molecular complexity index is 695. The molecule has 0 heterocycles. The molecule has 0 aromatic heterocycles. The maximum atomic E-state index is 12.3. The van der Waals surface area contributed by atoms with Gasteiger partial charge in [-0.05, 0) is 30.2 Å². The van der Waals surface area contributed by atoms with E-state index in [-0.39, 0.29) is 5.91 Å². The number of hydrogen-bond acceptors (Lipinski definition) is 4. The second kappa shape index (κ2) is 8.24. The number of ether oxygens (including phenoxy) is 3. The normalized spacial score (nSPS) is 10.2. The van der Waals surface area contributed by atoms with Crippen LogP contribution in [0, 0.1) is 0 Å². The molecule has 2 rings (SSSR count). The van der Waals surface area contributed by atoms with E-state index in [1.165, 1.54) is 5.56 Å². The molecule has 1 amide bonds. The quantitative estimate of drug-likeness (QED) is 0.847. The molecule has 0 aliphatic rings. The molecule has 128 valence electrons. The lowest BCUT2D eigenvalue weighted by molar-refractivity contribution is 0.0950. The van der Waals surface area contributed by atoms with Gasteiger partial charge < -0.3 is 19.5 Å². The average Bonchev–Trinajstić information content (AvgIpc) is 2.65. The highest BCUT2D eigenvalue weighted by Gasteiger charge is 2.13. The van der Waals surface area contributed by atoms with Crippen LogP contribution in [0.3, 0.4) is 0 Å². The first-order chi connectivity index (χ1) is 11.6. The predicted molar refractivity (Wildman–Crippen MR) is 93.1 cm³/mol. The van der Waals surface area contributed by atoms with E-state index in [1.54, 1.807) is 33.5 Å². The first kappa shape index (κ1) is 17.7. The summed E-state index contributed by atoms with van der Waals surface area (Å²) >= 11 is 0. The van der Waals surface area contributed by atoms with E-state index in [2.05, 4.69) is 12.2 Å². The molecular formula is C19H23NO4. The number of benzene rings is 2. The number of amides is 1. The Labute approximate surface area is 142 Å². The van der Waals surface area contributed by atoms with E-state index in [0.717, 1.165) is 12.0 Å². The zero-order valence-electron chi connectivity index (χ0n) is 14.5. The van der Waals surface area contributed by atoms with Crippen LogP contribution in [0.4, 0.5) is 0 Å². The highest BCUT2D eigenvalue weighted by atomic mass is 16.5. The first-order valence-corrected chi connectivity index (χ1v) is 7.79. The number of aryl methyl sites for hydroxylation is 1. The van der Waals surface area contributed by atoms with Crippen LogP contribution in [-0.2, 0) is 13.0 Å². The van der Waals surface area contributed by atoms with Crippen molar-refractivity contribution in [3.8, 4) is 17.2 Å². The highest BCUT2D eigenvalue weighted by molar-refractivity contribution is 5.94. The number of methoxy groups -OCH3 is 3. The molecule has 0 saturated heterocycles. The lowest BCUT2D eigenvalue weighted by Gasteiger charge is -2.14. The second-order valence-electron chi connectivity index (χ2n) is 5.25. The van der Waals surface area contributed by atoms with E-state index in [1.807, 2.05) is 24.3 Å². The maximum absolute atomic E-state index is 12.3. The van der Waals surface area contributed by atoms with Crippen molar-refractivity contribution >= 4 is 5.91 Å². The predicted octanol–water partition coefficient (Wildman–Crippen LogP) is 3.20. The number of nitrogens with one attached hydrogen (secondary N) is 1. The highest BCUT2D eigenvalue weighted by Crippen LogP contribution is 2.34. The van der Waals surface area contributed by atoms with Crippen molar-refractivity contribution in [3.05, 3.63) is 53.1 Å². The Balaban J connectivity index is 2.13. The van der Waals surface area contributed by atoms with Gasteiger partial charge in [-0.1, -0.05) is 19.1 Å². The smallest absolute Gasteiger partial charge is 0.251 e. The maximum Gasteiger partial charge on any atom is 0.251 e. The van der Waals surface area contributed by atoms with Crippen LogP contribution < -0.4 is 19.5 Å². The summed E-state index contributed by atoms with van der Waals surface area (Å²) in [6.07, 6.45) is 0.949. The molecule has 0 unspecified atom stereocenters. The van der Waals surface area contributed by atoms with Crippen molar-refractivity contribution in [1.82, 2.24) is 5.32 Å². The molecule has 0 bridgehead atoms. The summed E-state index contributed by atoms with van der Waals surface area (Å²) in [5.74, 6) is 1.68. The molecule has 0 spiro atoms. The molecule has 5 heteroatoms. The molecule has 2 aromatic rings. The van der Waals surface area contributed by atoms with Crippen molar-refractivity contribution in [2.45, 2.75) is 19.9 Å². The lowest BCUT2D eigenvalue weighted by Crippen LogP contribution is -2.23. The molecule has 0 saturated carbocycles. The van der Waals surface area contributed by atoms with Crippen LogP contribution in [0.25, 0.3) is 0 Å². The molecule has 0 aliphatic carbocycles. The van der Waals surface area contributed by atoms with Crippen molar-refractivity contribution in [3.63, 3.8) is 0 Å². The fourth-order valence-corrected chi connectivity index (χ4v) is 2.40. The van der Waals surface area contributed by atoms with Gasteiger partial charge in [0.05, 0.1) is 21.3 Å². The monoisotopic (exact) mass is 329 g/mol. The zero-order valence-corrected chi connectivity index (χ0v) is 14.5. The summed E-state index contributed by atoms with van der Waals surface area (Å²) in [4.78, 5) is 12.3. The molecular weight excluding hydrogens is 306 g/mol. The van der Waals surface area contributed by atoms with E-state index in [9.17, 15) is 4.79 Å². The van der Waals surface area contributed by atoms with E-state index >= 15 is 0 Å². The van der Waals surface area contributed by atoms with Gasteiger partial charge in [0.15, 0.2) is 11.5 Å². The van der Waals surface area contributed by atoms with Gasteiger partial charge in [0.25, 0.3) is 5.91 Å². The SMILES string of the molecule is CCc1ccc(C(=O)NCc2cc(OC)c(OC)cc2OC)cc1. The van der Waals surface area contributed by atoms with Crippen LogP contribution in [0.1, 0.15) is 28.4 Å². The number of carbonyl (C=O) groups excluding carboxylic acids is 1. The standard InChI is InChI=1S/C19H23NO4/c1-5-13-6-8-14(9-7-13)19(21)20-12-15-10-17(23-3)18(24-4)11-16(15)22-2/h6-11H,5,12H2,1-4H3,(H,20,21). The Kier molecular flexibility index (Phi) is 6.07. The molecule has 0 aliphatic heterocycles. The molecule has 0 fully saturated rings. The van der Waals surface area contributed by atoms with E-state index in [0.29, 0.717) is 29.4 Å². The Hall–Kier alpha value is -2.69. The lowest BCUT2D eigenvalue weighted by atomic mass is 10.1. The minimum Gasteiger partial charge on any atom is -0.496 e. The van der Waals surface area contributed by atoms with Gasteiger partial charge >= 0.3 is 0 Å². The zero-order chi connectivity index (χ0) is 17.5. The number of carbonyl (C=O) groups is 1. The van der Waals surface area contributed by atoms with Crippen LogP contribution >= 0.6 is 0 Å². The fraction of sp³-hybridized carbons (Fsp3) is 0.316. The van der Waals surface area contributed by atoms with Crippen LogP contribution in [-0.4, -0.2) is 27.2 Å². The largest absolute Gasteiger partial charge is 0.496 e. The van der Waals surface area contributed by atoms with Crippen LogP contribution in [0.2, 0.25) is 0 Å². The number of rotatable bonds is 7. The van der Waals surface area contributed by atoms with Crippen molar-refractivity contribution in [1.29, 1.82) is 0 Å². The van der Waals surface area contributed by atoms with Gasteiger partial charge in [0.1, 0.15) is 5.75 Å². The second-order valence-corrected chi connectivity index (χ2v) is 5.25. The third kappa shape index (κ3) is 3.98. The van der Waals surface area contributed by atoms with E-state index < -0.39 is 0 Å². The van der Waals surface area contributed by atoms with Crippen molar-refractivity contribution < 1.29 is 19.0 Å². The summed E-state index contributed by atoms with van der Waals surface area (Å²) in [5.41, 5.74) is 2.65. The third-order valence-corrected chi connectivity index (χ3v) is 3.85.